The number of halogens is 1. The topological polar surface area (TPSA) is 74.1 Å². The van der Waals surface area contributed by atoms with Crippen LogP contribution >= 0.6 is 0 Å². The second-order valence-electron chi connectivity index (χ2n) is 5.09. The molecule has 0 fully saturated rings. The van der Waals surface area contributed by atoms with E-state index in [1.54, 1.807) is 0 Å². The maximum absolute atomic E-state index is 13.4. The molecule has 1 aromatic carbocycles. The molecule has 0 bridgehead atoms. The van der Waals surface area contributed by atoms with E-state index in [2.05, 4.69) is 6.92 Å². The van der Waals surface area contributed by atoms with E-state index in [4.69, 9.17) is 5.73 Å². The summed E-state index contributed by atoms with van der Waals surface area (Å²) in [6.07, 6.45) is 5.65. The maximum atomic E-state index is 13.4. The van der Waals surface area contributed by atoms with Gasteiger partial charge in [0.2, 0.25) is 0 Å². The van der Waals surface area contributed by atoms with E-state index in [0.717, 1.165) is 24.5 Å². The normalized spacial score (nSPS) is 12.3. The number of nitro benzene ring substituents is 1. The Morgan fingerprint density at radius 1 is 1.43 bits per heavy atom. The molecule has 1 aromatic heterocycles. The van der Waals surface area contributed by atoms with Crippen molar-refractivity contribution in [2.45, 2.75) is 32.4 Å². The van der Waals surface area contributed by atoms with Crippen molar-refractivity contribution in [1.29, 1.82) is 0 Å². The van der Waals surface area contributed by atoms with Crippen LogP contribution in [0.5, 0.6) is 0 Å². The third-order valence-electron chi connectivity index (χ3n) is 3.32. The van der Waals surface area contributed by atoms with Gasteiger partial charge in [-0.25, -0.2) is 4.39 Å². The van der Waals surface area contributed by atoms with E-state index in [0.29, 0.717) is 12.1 Å². The average Bonchev–Trinajstić information content (AvgIpc) is 2.87. The number of hydrogen-bond acceptors (Lipinski definition) is 3. The zero-order valence-electron chi connectivity index (χ0n) is 11.8. The zero-order valence-corrected chi connectivity index (χ0v) is 11.8. The van der Waals surface area contributed by atoms with Crippen LogP contribution in [0.2, 0.25) is 0 Å². The number of rotatable bonds is 6. The molecular formula is C15H18FN3O2. The van der Waals surface area contributed by atoms with Gasteiger partial charge < -0.3 is 10.3 Å². The molecule has 0 saturated heterocycles. The third-order valence-corrected chi connectivity index (χ3v) is 3.32. The highest BCUT2D eigenvalue weighted by molar-refractivity contribution is 5.35. The molecule has 1 heterocycles. The van der Waals surface area contributed by atoms with Crippen molar-refractivity contribution >= 4 is 5.69 Å². The molecule has 5 nitrogen and oxygen atoms in total. The first-order valence-corrected chi connectivity index (χ1v) is 6.84. The van der Waals surface area contributed by atoms with Crippen molar-refractivity contribution in [2.24, 2.45) is 5.73 Å². The summed E-state index contributed by atoms with van der Waals surface area (Å²) in [6.45, 7) is 2.44. The van der Waals surface area contributed by atoms with Crippen molar-refractivity contribution < 1.29 is 9.31 Å². The van der Waals surface area contributed by atoms with E-state index >= 15 is 0 Å². The van der Waals surface area contributed by atoms with E-state index in [1.807, 2.05) is 23.0 Å². The van der Waals surface area contributed by atoms with Crippen LogP contribution in [-0.4, -0.2) is 9.49 Å². The van der Waals surface area contributed by atoms with E-state index < -0.39 is 10.7 Å². The minimum Gasteiger partial charge on any atom is -0.350 e. The largest absolute Gasteiger partial charge is 0.350 e. The Kier molecular flexibility index (Phi) is 4.70. The number of hydrogen-bond donors (Lipinski definition) is 1. The Labute approximate surface area is 122 Å². The lowest BCUT2D eigenvalue weighted by Gasteiger charge is -2.08. The first-order valence-electron chi connectivity index (χ1n) is 6.84. The van der Waals surface area contributed by atoms with Crippen LogP contribution in [0.25, 0.3) is 0 Å². The lowest BCUT2D eigenvalue weighted by molar-refractivity contribution is -0.385. The van der Waals surface area contributed by atoms with Crippen LogP contribution in [-0.2, 0) is 6.54 Å². The summed E-state index contributed by atoms with van der Waals surface area (Å²) in [5, 5.41) is 10.7. The van der Waals surface area contributed by atoms with Crippen molar-refractivity contribution in [3.05, 3.63) is 63.7 Å². The Hall–Kier alpha value is -2.21. The second-order valence-corrected chi connectivity index (χ2v) is 5.09. The molecule has 0 radical (unpaired) electrons. The van der Waals surface area contributed by atoms with Gasteiger partial charge in [0.1, 0.15) is 5.82 Å². The lowest BCUT2D eigenvalue weighted by Crippen LogP contribution is -2.08. The highest BCUT2D eigenvalue weighted by Crippen LogP contribution is 2.19. The predicted molar refractivity (Wildman–Crippen MR) is 78.4 cm³/mol. The van der Waals surface area contributed by atoms with Crippen LogP contribution in [0.1, 0.15) is 36.9 Å². The summed E-state index contributed by atoms with van der Waals surface area (Å²) in [5.74, 6) is -0.603. The molecule has 21 heavy (non-hydrogen) atoms. The summed E-state index contributed by atoms with van der Waals surface area (Å²) in [4.78, 5) is 10.1. The van der Waals surface area contributed by atoms with Crippen molar-refractivity contribution in [2.75, 3.05) is 0 Å². The number of nitrogens with two attached hydrogens (primary N) is 1. The number of nitro groups is 1. The summed E-state index contributed by atoms with van der Waals surface area (Å²) in [7, 11) is 0. The van der Waals surface area contributed by atoms with Gasteiger partial charge in [0.15, 0.2) is 0 Å². The molecular weight excluding hydrogens is 273 g/mol. The molecule has 0 spiro atoms. The van der Waals surface area contributed by atoms with Crippen LogP contribution in [0.15, 0.2) is 36.7 Å². The first-order chi connectivity index (χ1) is 9.99. The summed E-state index contributed by atoms with van der Waals surface area (Å²) >= 11 is 0. The fourth-order valence-electron chi connectivity index (χ4n) is 2.30. The van der Waals surface area contributed by atoms with Gasteiger partial charge in [-0.3, -0.25) is 10.1 Å². The minimum atomic E-state index is -0.603. The second kappa shape index (κ2) is 6.49. The zero-order chi connectivity index (χ0) is 15.4. The Morgan fingerprint density at radius 2 is 2.19 bits per heavy atom. The number of benzene rings is 1. The van der Waals surface area contributed by atoms with Gasteiger partial charge >= 0.3 is 0 Å². The highest BCUT2D eigenvalue weighted by Gasteiger charge is 2.11. The standard InChI is InChI=1S/C15H18FN3O2/c1-2-3-15(17)12-4-5-18(10-12)9-11-6-13(16)8-14(7-11)19(20)21/h4-8,10,15H,2-3,9,17H2,1H3. The summed E-state index contributed by atoms with van der Waals surface area (Å²) < 4.78 is 15.2. The van der Waals surface area contributed by atoms with Crippen LogP contribution in [0.3, 0.4) is 0 Å². The first kappa shape index (κ1) is 15.2. The maximum Gasteiger partial charge on any atom is 0.272 e. The third kappa shape index (κ3) is 3.88. The molecule has 0 saturated carbocycles. The van der Waals surface area contributed by atoms with E-state index in [1.165, 1.54) is 12.1 Å². The quantitative estimate of drug-likeness (QED) is 0.655. The monoisotopic (exact) mass is 291 g/mol. The van der Waals surface area contributed by atoms with Crippen LogP contribution < -0.4 is 5.73 Å². The number of nitrogens with zero attached hydrogens (tertiary/aromatic N) is 2. The van der Waals surface area contributed by atoms with Crippen molar-refractivity contribution in [1.82, 2.24) is 4.57 Å². The van der Waals surface area contributed by atoms with Gasteiger partial charge in [-0.2, -0.15) is 0 Å². The molecule has 1 unspecified atom stereocenters. The molecule has 2 aromatic rings. The van der Waals surface area contributed by atoms with E-state index in [9.17, 15) is 14.5 Å². The molecule has 2 N–H and O–H groups in total. The van der Waals surface area contributed by atoms with E-state index in [-0.39, 0.29) is 11.7 Å². The smallest absolute Gasteiger partial charge is 0.272 e. The van der Waals surface area contributed by atoms with Crippen LogP contribution in [0.4, 0.5) is 10.1 Å². The molecule has 0 amide bonds. The van der Waals surface area contributed by atoms with Gasteiger partial charge in [-0.1, -0.05) is 13.3 Å². The lowest BCUT2D eigenvalue weighted by atomic mass is 10.1. The Morgan fingerprint density at radius 3 is 2.86 bits per heavy atom. The molecule has 0 aliphatic carbocycles. The molecule has 6 heteroatoms. The molecule has 0 aliphatic heterocycles. The van der Waals surface area contributed by atoms with Gasteiger partial charge in [0, 0.05) is 31.0 Å². The van der Waals surface area contributed by atoms with Crippen LogP contribution in [0, 0.1) is 15.9 Å². The molecule has 0 aliphatic rings. The molecule has 2 rings (SSSR count). The Balaban J connectivity index is 2.17. The number of non-ortho nitro benzene ring substituents is 1. The van der Waals surface area contributed by atoms with Gasteiger partial charge in [-0.15, -0.1) is 0 Å². The SMILES string of the molecule is CCCC(N)c1ccn(Cc2cc(F)cc([N+](=O)[O-])c2)c1. The minimum absolute atomic E-state index is 0.0157. The van der Waals surface area contributed by atoms with Gasteiger partial charge in [-0.05, 0) is 29.7 Å². The fourth-order valence-corrected chi connectivity index (χ4v) is 2.30. The van der Waals surface area contributed by atoms with Gasteiger partial charge in [0.05, 0.1) is 11.0 Å². The molecule has 112 valence electrons. The van der Waals surface area contributed by atoms with Crippen molar-refractivity contribution in [3.8, 4) is 0 Å². The summed E-state index contributed by atoms with van der Waals surface area (Å²) in [6, 6.07) is 5.52. The predicted octanol–water partition coefficient (Wildman–Crippen LogP) is 3.38. The Bertz CT molecular complexity index is 640. The fraction of sp³-hybridized carbons (Fsp3) is 0.333. The highest BCUT2D eigenvalue weighted by atomic mass is 19.1. The van der Waals surface area contributed by atoms with Crippen molar-refractivity contribution in [3.63, 3.8) is 0 Å². The van der Waals surface area contributed by atoms with Gasteiger partial charge in [0.25, 0.3) is 5.69 Å². The number of aromatic nitrogens is 1. The molecule has 1 atom stereocenters. The summed E-state index contributed by atoms with van der Waals surface area (Å²) in [5.41, 5.74) is 7.37. The average molecular weight is 291 g/mol.